The van der Waals surface area contributed by atoms with Crippen LogP contribution in [-0.4, -0.2) is 60.5 Å². The quantitative estimate of drug-likeness (QED) is 0.555. The van der Waals surface area contributed by atoms with Crippen LogP contribution in [0.2, 0.25) is 0 Å². The van der Waals surface area contributed by atoms with Crippen LogP contribution < -0.4 is 14.8 Å². The molecule has 2 aromatic rings. The van der Waals surface area contributed by atoms with Crippen LogP contribution in [0.5, 0.6) is 11.5 Å². The van der Waals surface area contributed by atoms with Crippen molar-refractivity contribution in [2.24, 2.45) is 0 Å². The van der Waals surface area contributed by atoms with Gasteiger partial charge in [0.05, 0.1) is 24.8 Å². The van der Waals surface area contributed by atoms with Crippen LogP contribution in [0.1, 0.15) is 57.2 Å². The van der Waals surface area contributed by atoms with E-state index in [1.165, 1.54) is 37.2 Å². The van der Waals surface area contributed by atoms with E-state index in [2.05, 4.69) is 16.3 Å². The van der Waals surface area contributed by atoms with E-state index < -0.39 is 5.60 Å². The summed E-state index contributed by atoms with van der Waals surface area (Å²) >= 11 is 0. The molecule has 0 radical (unpaired) electrons. The minimum atomic E-state index is -0.688. The van der Waals surface area contributed by atoms with E-state index in [-0.39, 0.29) is 0 Å². The number of aromatic nitrogens is 1. The van der Waals surface area contributed by atoms with Crippen molar-refractivity contribution in [1.29, 1.82) is 0 Å². The van der Waals surface area contributed by atoms with Crippen LogP contribution in [0.25, 0.3) is 10.9 Å². The van der Waals surface area contributed by atoms with Gasteiger partial charge in [0.15, 0.2) is 11.5 Å². The molecule has 1 aliphatic carbocycles. The number of hydrogen-bond donors (Lipinski definition) is 2. The lowest BCUT2D eigenvalue weighted by Crippen LogP contribution is -2.23. The molecule has 0 atom stereocenters. The van der Waals surface area contributed by atoms with Crippen LogP contribution in [0.15, 0.2) is 12.1 Å². The van der Waals surface area contributed by atoms with Gasteiger partial charge >= 0.3 is 0 Å². The summed E-state index contributed by atoms with van der Waals surface area (Å²) in [5.74, 6) is 1.52. The van der Waals surface area contributed by atoms with Crippen LogP contribution in [0.3, 0.4) is 0 Å². The molecule has 0 unspecified atom stereocenters. The Kier molecular flexibility index (Phi) is 6.87. The summed E-state index contributed by atoms with van der Waals surface area (Å²) < 4.78 is 11.8. The number of nitrogens with zero attached hydrogens (tertiary/aromatic N) is 2. The Bertz CT molecular complexity index is 901. The van der Waals surface area contributed by atoms with E-state index in [1.807, 2.05) is 19.9 Å². The number of likely N-dealkylation sites (tertiary alicyclic amines) is 1. The first kappa shape index (κ1) is 22.2. The normalized spacial score (nSPS) is 16.6. The number of benzene rings is 1. The number of rotatable bonds is 10. The lowest BCUT2D eigenvalue weighted by atomic mass is 10.0. The van der Waals surface area contributed by atoms with E-state index in [4.69, 9.17) is 14.5 Å². The average molecular weight is 428 g/mol. The first-order valence-corrected chi connectivity index (χ1v) is 11.8. The fraction of sp³-hybridized carbons (Fsp3) is 0.640. The predicted octanol–water partition coefficient (Wildman–Crippen LogP) is 4.17. The van der Waals surface area contributed by atoms with Crippen molar-refractivity contribution in [3.8, 4) is 11.5 Å². The molecule has 2 heterocycles. The largest absolute Gasteiger partial charge is 0.493 e. The predicted molar refractivity (Wildman–Crippen MR) is 126 cm³/mol. The van der Waals surface area contributed by atoms with Gasteiger partial charge in [0.1, 0.15) is 0 Å². The van der Waals surface area contributed by atoms with Gasteiger partial charge in [-0.25, -0.2) is 0 Å². The zero-order valence-electron chi connectivity index (χ0n) is 19.3. The van der Waals surface area contributed by atoms with Crippen LogP contribution >= 0.6 is 0 Å². The van der Waals surface area contributed by atoms with Crippen LogP contribution in [0, 0.1) is 0 Å². The Morgan fingerprint density at radius 1 is 1.13 bits per heavy atom. The second-order valence-corrected chi connectivity index (χ2v) is 9.53. The van der Waals surface area contributed by atoms with Gasteiger partial charge in [-0.1, -0.05) is 0 Å². The summed E-state index contributed by atoms with van der Waals surface area (Å²) in [4.78, 5) is 7.48. The molecular weight excluding hydrogens is 390 g/mol. The SMILES string of the molecule is COc1cc2c(NCCC(C)(C)O)c3c(nc2cc1OCCCN1CCCC1)CCC3. The molecular formula is C25H37N3O3. The molecule has 1 aromatic carbocycles. The van der Waals surface area contributed by atoms with Gasteiger partial charge in [-0.3, -0.25) is 4.98 Å². The third kappa shape index (κ3) is 5.42. The summed E-state index contributed by atoms with van der Waals surface area (Å²) in [5, 5.41) is 14.8. The summed E-state index contributed by atoms with van der Waals surface area (Å²) in [6, 6.07) is 4.09. The number of ether oxygens (including phenoxy) is 2. The molecule has 6 nitrogen and oxygen atoms in total. The summed E-state index contributed by atoms with van der Waals surface area (Å²) in [7, 11) is 1.69. The number of anilines is 1. The Hall–Kier alpha value is -2.05. The number of aryl methyl sites for hydroxylation is 1. The van der Waals surface area contributed by atoms with Crippen molar-refractivity contribution in [1.82, 2.24) is 9.88 Å². The maximum absolute atomic E-state index is 10.1. The molecule has 0 saturated carbocycles. The van der Waals surface area contributed by atoms with Gasteiger partial charge in [0, 0.05) is 35.9 Å². The monoisotopic (exact) mass is 427 g/mol. The fourth-order valence-electron chi connectivity index (χ4n) is 4.71. The molecule has 170 valence electrons. The number of pyridine rings is 1. The molecule has 1 fully saturated rings. The smallest absolute Gasteiger partial charge is 0.163 e. The molecule has 4 rings (SSSR count). The Morgan fingerprint density at radius 2 is 1.94 bits per heavy atom. The van der Waals surface area contributed by atoms with Crippen LogP contribution in [0.4, 0.5) is 5.69 Å². The number of methoxy groups -OCH3 is 1. The maximum Gasteiger partial charge on any atom is 0.163 e. The lowest BCUT2D eigenvalue weighted by Gasteiger charge is -2.20. The Balaban J connectivity index is 1.54. The number of aliphatic hydroxyl groups is 1. The highest BCUT2D eigenvalue weighted by atomic mass is 16.5. The first-order valence-electron chi connectivity index (χ1n) is 11.8. The van der Waals surface area contributed by atoms with E-state index in [0.29, 0.717) is 19.6 Å². The molecule has 1 aliphatic heterocycles. The van der Waals surface area contributed by atoms with Crippen molar-refractivity contribution in [3.63, 3.8) is 0 Å². The third-order valence-corrected chi connectivity index (χ3v) is 6.41. The number of fused-ring (bicyclic) bond motifs is 2. The van der Waals surface area contributed by atoms with Gasteiger partial charge in [-0.15, -0.1) is 0 Å². The molecule has 2 N–H and O–H groups in total. The van der Waals surface area contributed by atoms with Crippen molar-refractivity contribution >= 4 is 16.6 Å². The fourth-order valence-corrected chi connectivity index (χ4v) is 4.71. The molecule has 0 bridgehead atoms. The van der Waals surface area contributed by atoms with Gasteiger partial charge in [-0.05, 0) is 83.5 Å². The van der Waals surface area contributed by atoms with E-state index in [9.17, 15) is 5.11 Å². The minimum absolute atomic E-state index is 0.681. The molecule has 6 heteroatoms. The van der Waals surface area contributed by atoms with E-state index in [0.717, 1.165) is 60.3 Å². The van der Waals surface area contributed by atoms with Crippen molar-refractivity contribution in [2.45, 2.75) is 64.4 Å². The number of nitrogens with one attached hydrogen (secondary N) is 1. The van der Waals surface area contributed by atoms with Gasteiger partial charge < -0.3 is 24.8 Å². The van der Waals surface area contributed by atoms with E-state index >= 15 is 0 Å². The van der Waals surface area contributed by atoms with E-state index in [1.54, 1.807) is 7.11 Å². The van der Waals surface area contributed by atoms with Crippen molar-refractivity contribution in [2.75, 3.05) is 45.2 Å². The second kappa shape index (κ2) is 9.61. The molecule has 1 saturated heterocycles. The molecule has 1 aromatic heterocycles. The molecule has 2 aliphatic rings. The second-order valence-electron chi connectivity index (χ2n) is 9.53. The lowest BCUT2D eigenvalue weighted by molar-refractivity contribution is 0.0749. The highest BCUT2D eigenvalue weighted by Gasteiger charge is 2.22. The third-order valence-electron chi connectivity index (χ3n) is 6.41. The van der Waals surface area contributed by atoms with Gasteiger partial charge in [0.25, 0.3) is 0 Å². The summed E-state index contributed by atoms with van der Waals surface area (Å²) in [5.41, 5.74) is 3.89. The number of hydrogen-bond acceptors (Lipinski definition) is 6. The zero-order valence-corrected chi connectivity index (χ0v) is 19.3. The highest BCUT2D eigenvalue weighted by Crippen LogP contribution is 2.39. The molecule has 0 amide bonds. The topological polar surface area (TPSA) is 66.8 Å². The molecule has 31 heavy (non-hydrogen) atoms. The van der Waals surface area contributed by atoms with Crippen molar-refractivity contribution in [3.05, 3.63) is 23.4 Å². The standard InChI is InChI=1S/C25H37N3O3/c1-25(2,29)10-11-26-24-18-8-6-9-20(18)27-21-17-23(22(30-3)16-19(21)24)31-15-7-14-28-12-4-5-13-28/h16-17,29H,4-15H2,1-3H3,(H,26,27). The average Bonchev–Trinajstić information content (AvgIpc) is 3.41. The maximum atomic E-state index is 10.1. The minimum Gasteiger partial charge on any atom is -0.493 e. The Labute approximate surface area is 185 Å². The summed E-state index contributed by atoms with van der Waals surface area (Å²) in [6.45, 7) is 8.62. The van der Waals surface area contributed by atoms with Crippen LogP contribution in [-0.2, 0) is 12.8 Å². The first-order chi connectivity index (χ1) is 14.9. The Morgan fingerprint density at radius 3 is 2.68 bits per heavy atom. The zero-order chi connectivity index (χ0) is 21.8. The summed E-state index contributed by atoms with van der Waals surface area (Å²) in [6.07, 6.45) is 7.53. The van der Waals surface area contributed by atoms with Gasteiger partial charge in [-0.2, -0.15) is 0 Å². The van der Waals surface area contributed by atoms with Gasteiger partial charge in [0.2, 0.25) is 0 Å². The molecule has 0 spiro atoms. The highest BCUT2D eigenvalue weighted by molar-refractivity contribution is 5.96. The van der Waals surface area contributed by atoms with Crippen molar-refractivity contribution < 1.29 is 14.6 Å².